The minimum Gasteiger partial charge on any atom is -0.399 e. The van der Waals surface area contributed by atoms with Crippen LogP contribution in [0.5, 0.6) is 0 Å². The number of hydrogen-bond donors (Lipinski definition) is 1. The molecule has 1 amide bonds. The molecule has 138 valence electrons. The van der Waals surface area contributed by atoms with Crippen molar-refractivity contribution in [1.29, 1.82) is 0 Å². The fourth-order valence-electron chi connectivity index (χ4n) is 2.51. The molecule has 1 N–H and O–H groups in total. The van der Waals surface area contributed by atoms with Gasteiger partial charge in [-0.25, -0.2) is 0 Å². The van der Waals surface area contributed by atoms with Crippen LogP contribution in [0.4, 0.5) is 18.9 Å². The van der Waals surface area contributed by atoms with Gasteiger partial charge in [0.15, 0.2) is 0 Å². The zero-order chi connectivity index (χ0) is 19.0. The molecule has 0 spiro atoms. The number of alkyl halides is 3. The van der Waals surface area contributed by atoms with Crippen LogP contribution in [-0.2, 0) is 20.3 Å². The Morgan fingerprint density at radius 3 is 2.20 bits per heavy atom. The van der Waals surface area contributed by atoms with Gasteiger partial charge < -0.3 is 14.6 Å². The summed E-state index contributed by atoms with van der Waals surface area (Å²) in [5.74, 6) is -0.320. The highest BCUT2D eigenvalue weighted by Crippen LogP contribution is 2.38. The van der Waals surface area contributed by atoms with E-state index in [9.17, 15) is 18.0 Å². The number of benzene rings is 1. The third-order valence-electron chi connectivity index (χ3n) is 4.63. The summed E-state index contributed by atoms with van der Waals surface area (Å²) in [5.41, 5.74) is -2.35. The van der Waals surface area contributed by atoms with Crippen LogP contribution in [0.25, 0.3) is 0 Å². The Morgan fingerprint density at radius 2 is 1.72 bits per heavy atom. The van der Waals surface area contributed by atoms with Crippen molar-refractivity contribution < 1.29 is 27.3 Å². The number of anilines is 1. The van der Waals surface area contributed by atoms with E-state index in [1.165, 1.54) is 12.1 Å². The average molecular weight is 357 g/mol. The number of carbonyl (C=O) groups is 1. The van der Waals surface area contributed by atoms with E-state index in [1.54, 1.807) is 27.7 Å². The second-order valence-electron chi connectivity index (χ2n) is 7.19. The van der Waals surface area contributed by atoms with Gasteiger partial charge >= 0.3 is 13.3 Å². The zero-order valence-corrected chi connectivity index (χ0v) is 15.1. The zero-order valence-electron chi connectivity index (χ0n) is 15.1. The quantitative estimate of drug-likeness (QED) is 0.835. The lowest BCUT2D eigenvalue weighted by atomic mass is 9.75. The molecule has 0 atom stereocenters. The highest BCUT2D eigenvalue weighted by Gasteiger charge is 2.53. The number of rotatable bonds is 4. The van der Waals surface area contributed by atoms with Crippen molar-refractivity contribution in [3.05, 3.63) is 23.8 Å². The Hall–Kier alpha value is -1.54. The van der Waals surface area contributed by atoms with Crippen LogP contribution in [0, 0.1) is 0 Å². The molecule has 1 aliphatic rings. The fourth-order valence-corrected chi connectivity index (χ4v) is 2.51. The lowest BCUT2D eigenvalue weighted by Crippen LogP contribution is -2.41. The van der Waals surface area contributed by atoms with Crippen LogP contribution in [0.1, 0.15) is 53.0 Å². The maximum Gasteiger partial charge on any atom is 0.495 e. The molecule has 1 aromatic carbocycles. The first kappa shape index (κ1) is 19.8. The summed E-state index contributed by atoms with van der Waals surface area (Å²) in [7, 11) is -1.12. The van der Waals surface area contributed by atoms with E-state index in [4.69, 9.17) is 9.31 Å². The van der Waals surface area contributed by atoms with Crippen LogP contribution >= 0.6 is 0 Å². The number of carbonyl (C=O) groups excluding carboxylic acids is 1. The number of nitrogens with one attached hydrogen (secondary N) is 1. The predicted molar refractivity (Wildman–Crippen MR) is 90.7 cm³/mol. The molecule has 0 unspecified atom stereocenters. The van der Waals surface area contributed by atoms with Gasteiger partial charge in [-0.1, -0.05) is 13.0 Å². The smallest absolute Gasteiger partial charge is 0.399 e. The molecule has 1 heterocycles. The Kier molecular flexibility index (Phi) is 5.26. The van der Waals surface area contributed by atoms with Crippen molar-refractivity contribution in [3.63, 3.8) is 0 Å². The summed E-state index contributed by atoms with van der Waals surface area (Å²) in [4.78, 5) is 11.6. The number of hydrogen-bond acceptors (Lipinski definition) is 3. The first-order valence-electron chi connectivity index (χ1n) is 8.24. The summed E-state index contributed by atoms with van der Waals surface area (Å²) in [6, 6.07) is 3.66. The van der Waals surface area contributed by atoms with E-state index in [2.05, 4.69) is 5.32 Å². The molecule has 2 rings (SSSR count). The third-order valence-corrected chi connectivity index (χ3v) is 4.63. The van der Waals surface area contributed by atoms with Gasteiger partial charge in [0.2, 0.25) is 5.91 Å². The normalized spacial score (nSPS) is 19.1. The highest BCUT2D eigenvalue weighted by molar-refractivity contribution is 6.62. The first-order chi connectivity index (χ1) is 11.4. The molecule has 1 aliphatic heterocycles. The van der Waals surface area contributed by atoms with Crippen molar-refractivity contribution in [2.75, 3.05) is 5.32 Å². The summed E-state index contributed by atoms with van der Waals surface area (Å²) in [6.45, 7) is 8.93. The monoisotopic (exact) mass is 357 g/mol. The standard InChI is InChI=1S/C17H23BF3NO3/c1-6-7-14(23)22-11-8-9-13(12(10-11)17(19,20)21)18-24-15(2,3)16(4,5)25-18/h8-10H,6-7H2,1-5H3,(H,22,23). The van der Waals surface area contributed by atoms with Crippen molar-refractivity contribution in [2.45, 2.75) is 64.8 Å². The summed E-state index contributed by atoms with van der Waals surface area (Å²) >= 11 is 0. The second-order valence-corrected chi connectivity index (χ2v) is 7.19. The number of amides is 1. The van der Waals surface area contributed by atoms with Crippen molar-refractivity contribution in [2.24, 2.45) is 0 Å². The average Bonchev–Trinajstić information content (AvgIpc) is 2.66. The maximum atomic E-state index is 13.5. The molecule has 4 nitrogen and oxygen atoms in total. The second kappa shape index (κ2) is 6.65. The van der Waals surface area contributed by atoms with Gasteiger partial charge in [-0.3, -0.25) is 4.79 Å². The topological polar surface area (TPSA) is 47.6 Å². The van der Waals surface area contributed by atoms with Gasteiger partial charge in [-0.05, 0) is 51.7 Å². The van der Waals surface area contributed by atoms with Crippen molar-refractivity contribution in [3.8, 4) is 0 Å². The largest absolute Gasteiger partial charge is 0.495 e. The molecule has 1 saturated heterocycles. The Labute approximate surface area is 146 Å². The molecule has 1 fully saturated rings. The van der Waals surface area contributed by atoms with Gasteiger partial charge in [0.1, 0.15) is 0 Å². The van der Waals surface area contributed by atoms with E-state index in [1.807, 2.05) is 6.92 Å². The summed E-state index contributed by atoms with van der Waals surface area (Å²) in [6.07, 6.45) is -3.73. The minimum atomic E-state index is -4.59. The molecule has 0 saturated carbocycles. The SMILES string of the molecule is CCCC(=O)Nc1ccc(B2OC(C)(C)C(C)(C)O2)c(C(F)(F)F)c1. The van der Waals surface area contributed by atoms with E-state index in [0.29, 0.717) is 6.42 Å². The van der Waals surface area contributed by atoms with E-state index < -0.39 is 30.1 Å². The molecule has 25 heavy (non-hydrogen) atoms. The first-order valence-corrected chi connectivity index (χ1v) is 8.24. The highest BCUT2D eigenvalue weighted by atomic mass is 19.4. The Morgan fingerprint density at radius 1 is 1.16 bits per heavy atom. The predicted octanol–water partition coefficient (Wildman–Crippen LogP) is 3.74. The Bertz CT molecular complexity index is 643. The van der Waals surface area contributed by atoms with E-state index in [-0.39, 0.29) is 23.5 Å². The van der Waals surface area contributed by atoms with Gasteiger partial charge in [0.05, 0.1) is 16.8 Å². The van der Waals surface area contributed by atoms with Crippen LogP contribution in [-0.4, -0.2) is 24.2 Å². The lowest BCUT2D eigenvalue weighted by molar-refractivity contribution is -0.136. The van der Waals surface area contributed by atoms with E-state index in [0.717, 1.165) is 6.07 Å². The van der Waals surface area contributed by atoms with Crippen LogP contribution in [0.15, 0.2) is 18.2 Å². The van der Waals surface area contributed by atoms with Crippen LogP contribution in [0.3, 0.4) is 0 Å². The fraction of sp³-hybridized carbons (Fsp3) is 0.588. The lowest BCUT2D eigenvalue weighted by Gasteiger charge is -2.32. The molecular weight excluding hydrogens is 334 g/mol. The van der Waals surface area contributed by atoms with Crippen LogP contribution < -0.4 is 10.8 Å². The molecular formula is C17H23BF3NO3. The van der Waals surface area contributed by atoms with Gasteiger partial charge in [0, 0.05) is 12.1 Å². The van der Waals surface area contributed by atoms with Gasteiger partial charge in [0.25, 0.3) is 0 Å². The molecule has 0 bridgehead atoms. The maximum absolute atomic E-state index is 13.5. The third kappa shape index (κ3) is 4.18. The van der Waals surface area contributed by atoms with Crippen molar-refractivity contribution >= 4 is 24.2 Å². The summed E-state index contributed by atoms with van der Waals surface area (Å²) < 4.78 is 52.1. The minimum absolute atomic E-state index is 0.0976. The van der Waals surface area contributed by atoms with Gasteiger partial charge in [-0.15, -0.1) is 0 Å². The summed E-state index contributed by atoms with van der Waals surface area (Å²) in [5, 5.41) is 2.49. The molecule has 0 aliphatic carbocycles. The number of halogens is 3. The van der Waals surface area contributed by atoms with Gasteiger partial charge in [-0.2, -0.15) is 13.2 Å². The molecule has 0 aromatic heterocycles. The Balaban J connectivity index is 2.38. The van der Waals surface area contributed by atoms with Crippen molar-refractivity contribution in [1.82, 2.24) is 0 Å². The van der Waals surface area contributed by atoms with Crippen LogP contribution in [0.2, 0.25) is 0 Å². The van der Waals surface area contributed by atoms with E-state index >= 15 is 0 Å². The molecule has 0 radical (unpaired) electrons. The molecule has 8 heteroatoms. The molecule has 1 aromatic rings.